The Morgan fingerprint density at radius 1 is 1.29 bits per heavy atom. The zero-order valence-corrected chi connectivity index (χ0v) is 8.96. The smallest absolute Gasteiger partial charge is 0.205 e. The maximum Gasteiger partial charge on any atom is 0.205 e. The summed E-state index contributed by atoms with van der Waals surface area (Å²) in [6.07, 6.45) is 7.10. The van der Waals surface area contributed by atoms with Gasteiger partial charge in [-0.05, 0) is 31.1 Å². The van der Waals surface area contributed by atoms with Crippen molar-refractivity contribution in [2.24, 2.45) is 11.8 Å². The number of hydrogen-bond acceptors (Lipinski definition) is 4. The van der Waals surface area contributed by atoms with Crippen LogP contribution in [0.3, 0.4) is 0 Å². The fourth-order valence-corrected chi connectivity index (χ4v) is 3.46. The van der Waals surface area contributed by atoms with Crippen LogP contribution in [-0.4, -0.2) is 16.2 Å². The monoisotopic (exact) mass is 209 g/mol. The van der Waals surface area contributed by atoms with Crippen LogP contribution >= 0.6 is 11.3 Å². The van der Waals surface area contributed by atoms with Crippen molar-refractivity contribution >= 4 is 16.5 Å². The molecule has 14 heavy (non-hydrogen) atoms. The van der Waals surface area contributed by atoms with E-state index in [4.69, 9.17) is 0 Å². The van der Waals surface area contributed by atoms with Gasteiger partial charge in [0.25, 0.3) is 0 Å². The van der Waals surface area contributed by atoms with Gasteiger partial charge in [0.05, 0.1) is 0 Å². The first-order valence-corrected chi connectivity index (χ1v) is 6.32. The summed E-state index contributed by atoms with van der Waals surface area (Å²) in [5.74, 6) is 1.87. The van der Waals surface area contributed by atoms with Gasteiger partial charge in [-0.1, -0.05) is 24.2 Å². The molecule has 3 aliphatic carbocycles. The van der Waals surface area contributed by atoms with Crippen LogP contribution in [0.1, 0.15) is 32.1 Å². The highest BCUT2D eigenvalue weighted by Crippen LogP contribution is 2.42. The number of hydrogen-bond donors (Lipinski definition) is 1. The van der Waals surface area contributed by atoms with Gasteiger partial charge in [0.15, 0.2) is 0 Å². The Labute approximate surface area is 87.9 Å². The summed E-state index contributed by atoms with van der Waals surface area (Å²) in [7, 11) is 0. The first-order chi connectivity index (χ1) is 6.92. The lowest BCUT2D eigenvalue weighted by Gasteiger charge is -2.42. The molecule has 3 saturated carbocycles. The molecular weight excluding hydrogens is 194 g/mol. The lowest BCUT2D eigenvalue weighted by Crippen LogP contribution is -2.40. The maximum atomic E-state index is 4.05. The van der Waals surface area contributed by atoms with Gasteiger partial charge in [0.1, 0.15) is 5.51 Å². The summed E-state index contributed by atoms with van der Waals surface area (Å²) >= 11 is 1.61. The van der Waals surface area contributed by atoms with Crippen molar-refractivity contribution in [2.45, 2.75) is 38.1 Å². The van der Waals surface area contributed by atoms with Crippen molar-refractivity contribution in [3.05, 3.63) is 5.51 Å². The van der Waals surface area contributed by atoms with E-state index in [-0.39, 0.29) is 0 Å². The van der Waals surface area contributed by atoms with Crippen molar-refractivity contribution in [3.63, 3.8) is 0 Å². The molecule has 4 heteroatoms. The summed E-state index contributed by atoms with van der Waals surface area (Å²) < 4.78 is 0. The minimum absolute atomic E-state index is 0.676. The van der Waals surface area contributed by atoms with Crippen LogP contribution < -0.4 is 5.32 Å². The molecule has 0 aromatic carbocycles. The quantitative estimate of drug-likeness (QED) is 0.813. The minimum atomic E-state index is 0.676. The lowest BCUT2D eigenvalue weighted by molar-refractivity contribution is 0.157. The molecular formula is C10H15N3S. The average Bonchev–Trinajstić information content (AvgIpc) is 2.72. The molecule has 1 unspecified atom stereocenters. The maximum absolute atomic E-state index is 4.05. The van der Waals surface area contributed by atoms with Crippen molar-refractivity contribution in [2.75, 3.05) is 5.32 Å². The highest BCUT2D eigenvalue weighted by molar-refractivity contribution is 7.13. The standard InChI is InChI=1S/C10H15N3S/c1-3-8-4-2-7(1)5-9(8)12-10-13-11-6-14-10/h6-9H,1-5H2,(H,12,13). The van der Waals surface area contributed by atoms with Gasteiger partial charge in [-0.25, -0.2) is 0 Å². The van der Waals surface area contributed by atoms with Gasteiger partial charge in [-0.15, -0.1) is 10.2 Å². The Bertz CT molecular complexity index is 290. The Hall–Kier alpha value is -0.640. The Balaban J connectivity index is 1.68. The molecule has 3 fully saturated rings. The van der Waals surface area contributed by atoms with Crippen molar-refractivity contribution in [1.29, 1.82) is 0 Å². The Kier molecular flexibility index (Phi) is 2.16. The summed E-state index contributed by atoms with van der Waals surface area (Å²) in [6, 6.07) is 0.676. The molecule has 1 heterocycles. The van der Waals surface area contributed by atoms with Gasteiger partial charge in [-0.2, -0.15) is 0 Å². The molecule has 4 rings (SSSR count). The SMILES string of the molecule is c1nnc(NC2CC3CCC2CC3)s1. The van der Waals surface area contributed by atoms with Crippen LogP contribution in [0.25, 0.3) is 0 Å². The van der Waals surface area contributed by atoms with E-state index in [1.807, 2.05) is 0 Å². The zero-order chi connectivity index (χ0) is 9.38. The molecule has 0 spiro atoms. The van der Waals surface area contributed by atoms with E-state index in [0.29, 0.717) is 6.04 Å². The molecule has 0 radical (unpaired) electrons. The predicted molar refractivity (Wildman–Crippen MR) is 57.4 cm³/mol. The van der Waals surface area contributed by atoms with E-state index in [2.05, 4.69) is 15.5 Å². The second-order valence-corrected chi connectivity index (χ2v) is 5.34. The average molecular weight is 209 g/mol. The van der Waals surface area contributed by atoms with Crippen LogP contribution in [0.5, 0.6) is 0 Å². The van der Waals surface area contributed by atoms with Crippen LogP contribution in [0.2, 0.25) is 0 Å². The van der Waals surface area contributed by atoms with E-state index >= 15 is 0 Å². The predicted octanol–water partition coefficient (Wildman–Crippen LogP) is 2.53. The number of fused-ring (bicyclic) bond motifs is 3. The fraction of sp³-hybridized carbons (Fsp3) is 0.800. The molecule has 1 N–H and O–H groups in total. The molecule has 1 aromatic heterocycles. The Morgan fingerprint density at radius 3 is 2.71 bits per heavy atom. The molecule has 2 bridgehead atoms. The van der Waals surface area contributed by atoms with E-state index in [1.165, 1.54) is 32.1 Å². The largest absolute Gasteiger partial charge is 0.357 e. The zero-order valence-electron chi connectivity index (χ0n) is 8.15. The first kappa shape index (κ1) is 8.65. The van der Waals surface area contributed by atoms with Gasteiger partial charge >= 0.3 is 0 Å². The van der Waals surface area contributed by atoms with Gasteiger partial charge in [-0.3, -0.25) is 0 Å². The van der Waals surface area contributed by atoms with E-state index in [0.717, 1.165) is 17.0 Å². The van der Waals surface area contributed by atoms with Gasteiger partial charge in [0, 0.05) is 6.04 Å². The topological polar surface area (TPSA) is 37.8 Å². The third-order valence-corrected chi connectivity index (χ3v) is 4.34. The minimum Gasteiger partial charge on any atom is -0.357 e. The summed E-state index contributed by atoms with van der Waals surface area (Å²) in [5.41, 5.74) is 1.80. The summed E-state index contributed by atoms with van der Waals surface area (Å²) in [6.45, 7) is 0. The molecule has 0 aliphatic heterocycles. The molecule has 1 aromatic rings. The molecule has 0 amide bonds. The number of nitrogens with zero attached hydrogens (tertiary/aromatic N) is 2. The van der Waals surface area contributed by atoms with Crippen molar-refractivity contribution in [1.82, 2.24) is 10.2 Å². The normalized spacial score (nSPS) is 35.9. The Morgan fingerprint density at radius 2 is 2.14 bits per heavy atom. The number of anilines is 1. The van der Waals surface area contributed by atoms with Gasteiger partial charge in [0.2, 0.25) is 5.13 Å². The molecule has 3 nitrogen and oxygen atoms in total. The highest BCUT2D eigenvalue weighted by atomic mass is 32.1. The van der Waals surface area contributed by atoms with Crippen LogP contribution in [0, 0.1) is 11.8 Å². The third-order valence-electron chi connectivity index (χ3n) is 3.72. The van der Waals surface area contributed by atoms with Crippen LogP contribution in [0.4, 0.5) is 5.13 Å². The van der Waals surface area contributed by atoms with E-state index in [9.17, 15) is 0 Å². The second kappa shape index (κ2) is 3.50. The lowest BCUT2D eigenvalue weighted by atomic mass is 9.68. The summed E-state index contributed by atoms with van der Waals surface area (Å²) in [4.78, 5) is 0. The van der Waals surface area contributed by atoms with E-state index in [1.54, 1.807) is 16.8 Å². The number of aromatic nitrogens is 2. The van der Waals surface area contributed by atoms with E-state index < -0.39 is 0 Å². The third kappa shape index (κ3) is 1.52. The fourth-order valence-electron chi connectivity index (χ4n) is 2.95. The molecule has 0 saturated heterocycles. The second-order valence-electron chi connectivity index (χ2n) is 4.51. The number of rotatable bonds is 2. The summed E-state index contributed by atoms with van der Waals surface area (Å²) in [5, 5.41) is 12.4. The number of nitrogens with one attached hydrogen (secondary N) is 1. The van der Waals surface area contributed by atoms with Crippen LogP contribution in [0.15, 0.2) is 5.51 Å². The van der Waals surface area contributed by atoms with Crippen molar-refractivity contribution < 1.29 is 0 Å². The van der Waals surface area contributed by atoms with Crippen molar-refractivity contribution in [3.8, 4) is 0 Å². The molecule has 1 atom stereocenters. The molecule has 76 valence electrons. The first-order valence-electron chi connectivity index (χ1n) is 5.44. The van der Waals surface area contributed by atoms with Gasteiger partial charge < -0.3 is 5.32 Å². The highest BCUT2D eigenvalue weighted by Gasteiger charge is 2.35. The van der Waals surface area contributed by atoms with Crippen LogP contribution in [-0.2, 0) is 0 Å². The molecule has 3 aliphatic rings.